The van der Waals surface area contributed by atoms with Gasteiger partial charge in [0.15, 0.2) is 0 Å². The van der Waals surface area contributed by atoms with Crippen LogP contribution in [0.2, 0.25) is 0 Å². The molecule has 0 saturated carbocycles. The lowest BCUT2D eigenvalue weighted by molar-refractivity contribution is -0.131. The summed E-state index contributed by atoms with van der Waals surface area (Å²) < 4.78 is 16.5. The van der Waals surface area contributed by atoms with Crippen molar-refractivity contribution in [2.24, 2.45) is 11.0 Å². The summed E-state index contributed by atoms with van der Waals surface area (Å²) in [4.78, 5) is 12.2. The minimum atomic E-state index is -0.191. The van der Waals surface area contributed by atoms with Gasteiger partial charge in [0.1, 0.15) is 17.2 Å². The largest absolute Gasteiger partial charge is 0.497 e. The zero-order valence-corrected chi connectivity index (χ0v) is 14.9. The lowest BCUT2D eigenvalue weighted by Gasteiger charge is -2.29. The van der Waals surface area contributed by atoms with Gasteiger partial charge in [-0.25, -0.2) is 5.01 Å². The Balaban J connectivity index is 1.75. The van der Waals surface area contributed by atoms with Gasteiger partial charge in [0.05, 0.1) is 38.5 Å². The molecule has 26 heavy (non-hydrogen) atoms. The van der Waals surface area contributed by atoms with E-state index >= 15 is 0 Å². The summed E-state index contributed by atoms with van der Waals surface area (Å²) in [6.07, 6.45) is 0. The molecule has 0 saturated heterocycles. The van der Waals surface area contributed by atoms with E-state index in [1.807, 2.05) is 42.5 Å². The SMILES string of the molecule is COc1ccc([C@H]2[C@H]3COc4cc(OC)ccc4C3=NN2C(C)=O)cc1. The Labute approximate surface area is 152 Å². The molecule has 0 aliphatic carbocycles. The Kier molecular flexibility index (Phi) is 4.03. The van der Waals surface area contributed by atoms with Crippen molar-refractivity contribution in [3.8, 4) is 17.2 Å². The van der Waals surface area contributed by atoms with Crippen LogP contribution in [0.1, 0.15) is 24.1 Å². The standard InChI is InChI=1S/C20H20N2O4/c1-12(23)22-20(13-4-6-14(24-2)7-5-13)17-11-26-18-10-15(25-3)8-9-16(18)19(17)21-22/h4-10,17,20H,11H2,1-3H3/t17-,20-/m0/s1. The van der Waals surface area contributed by atoms with E-state index in [-0.39, 0.29) is 17.9 Å². The maximum absolute atomic E-state index is 12.2. The maximum atomic E-state index is 12.2. The number of carbonyl (C=O) groups is 1. The molecule has 2 aliphatic rings. The number of fused-ring (bicyclic) bond motifs is 3. The van der Waals surface area contributed by atoms with Gasteiger partial charge in [-0.15, -0.1) is 0 Å². The van der Waals surface area contributed by atoms with Crippen LogP contribution in [0.4, 0.5) is 0 Å². The minimum Gasteiger partial charge on any atom is -0.497 e. The average molecular weight is 352 g/mol. The molecular formula is C20H20N2O4. The van der Waals surface area contributed by atoms with Gasteiger partial charge in [0.25, 0.3) is 0 Å². The van der Waals surface area contributed by atoms with Gasteiger partial charge >= 0.3 is 0 Å². The molecule has 2 heterocycles. The number of carbonyl (C=O) groups excluding carboxylic acids is 1. The van der Waals surface area contributed by atoms with Crippen molar-refractivity contribution in [2.75, 3.05) is 20.8 Å². The predicted molar refractivity (Wildman–Crippen MR) is 96.8 cm³/mol. The summed E-state index contributed by atoms with van der Waals surface area (Å²) in [6, 6.07) is 13.2. The van der Waals surface area contributed by atoms with E-state index < -0.39 is 0 Å². The first-order chi connectivity index (χ1) is 12.6. The van der Waals surface area contributed by atoms with Crippen LogP contribution in [0.3, 0.4) is 0 Å². The van der Waals surface area contributed by atoms with E-state index in [4.69, 9.17) is 14.2 Å². The van der Waals surface area contributed by atoms with Crippen LogP contribution in [0, 0.1) is 5.92 Å². The van der Waals surface area contributed by atoms with Gasteiger partial charge < -0.3 is 14.2 Å². The lowest BCUT2D eigenvalue weighted by Crippen LogP contribution is -2.34. The van der Waals surface area contributed by atoms with E-state index in [1.165, 1.54) is 6.92 Å². The van der Waals surface area contributed by atoms with E-state index in [2.05, 4.69) is 5.10 Å². The third kappa shape index (κ3) is 2.58. The summed E-state index contributed by atoms with van der Waals surface area (Å²) in [5, 5.41) is 6.22. The van der Waals surface area contributed by atoms with E-state index in [9.17, 15) is 4.79 Å². The number of amides is 1. The van der Waals surface area contributed by atoms with E-state index in [0.717, 1.165) is 34.1 Å². The van der Waals surface area contributed by atoms with Gasteiger partial charge in [-0.2, -0.15) is 5.10 Å². The average Bonchev–Trinajstić information content (AvgIpc) is 3.07. The zero-order valence-electron chi connectivity index (χ0n) is 14.9. The Hall–Kier alpha value is -3.02. The Morgan fingerprint density at radius 2 is 1.81 bits per heavy atom. The molecule has 0 unspecified atom stereocenters. The molecule has 4 rings (SSSR count). The fraction of sp³-hybridized carbons (Fsp3) is 0.300. The number of hydrazone groups is 1. The Bertz CT molecular complexity index is 876. The molecule has 0 N–H and O–H groups in total. The number of ether oxygens (including phenoxy) is 3. The van der Waals surface area contributed by atoms with Crippen molar-refractivity contribution in [1.29, 1.82) is 0 Å². The van der Waals surface area contributed by atoms with Crippen molar-refractivity contribution >= 4 is 11.6 Å². The number of hydrogen-bond acceptors (Lipinski definition) is 5. The summed E-state index contributed by atoms with van der Waals surface area (Å²) >= 11 is 0. The quantitative estimate of drug-likeness (QED) is 0.852. The number of rotatable bonds is 3. The molecular weight excluding hydrogens is 332 g/mol. The fourth-order valence-corrected chi connectivity index (χ4v) is 3.58. The molecule has 2 aromatic rings. The van der Waals surface area contributed by atoms with Gasteiger partial charge in [0.2, 0.25) is 5.91 Å². The van der Waals surface area contributed by atoms with E-state index in [0.29, 0.717) is 6.61 Å². The highest BCUT2D eigenvalue weighted by molar-refractivity contribution is 6.07. The second-order valence-electron chi connectivity index (χ2n) is 6.35. The van der Waals surface area contributed by atoms with Crippen LogP contribution >= 0.6 is 0 Å². The first-order valence-electron chi connectivity index (χ1n) is 8.46. The highest BCUT2D eigenvalue weighted by Gasteiger charge is 2.44. The molecule has 2 aliphatic heterocycles. The van der Waals surface area contributed by atoms with Crippen LogP contribution in [0.5, 0.6) is 17.2 Å². The summed E-state index contributed by atoms with van der Waals surface area (Å²) in [6.45, 7) is 1.99. The van der Waals surface area contributed by atoms with Gasteiger partial charge in [-0.1, -0.05) is 12.1 Å². The van der Waals surface area contributed by atoms with Crippen LogP contribution in [-0.2, 0) is 4.79 Å². The van der Waals surface area contributed by atoms with Crippen molar-refractivity contribution < 1.29 is 19.0 Å². The van der Waals surface area contributed by atoms with Crippen molar-refractivity contribution in [1.82, 2.24) is 5.01 Å². The highest BCUT2D eigenvalue weighted by Crippen LogP contribution is 2.43. The van der Waals surface area contributed by atoms with Crippen molar-refractivity contribution in [3.05, 3.63) is 53.6 Å². The first kappa shape index (κ1) is 16.4. The second kappa shape index (κ2) is 6.37. The predicted octanol–water partition coefficient (Wildman–Crippen LogP) is 3.02. The number of benzene rings is 2. The summed E-state index contributed by atoms with van der Waals surface area (Å²) in [5.74, 6) is 2.13. The number of nitrogens with zero attached hydrogens (tertiary/aromatic N) is 2. The summed E-state index contributed by atoms with van der Waals surface area (Å²) in [5.41, 5.74) is 2.79. The normalized spacial score (nSPS) is 20.6. The number of hydrogen-bond donors (Lipinski definition) is 0. The fourth-order valence-electron chi connectivity index (χ4n) is 3.58. The molecule has 0 spiro atoms. The van der Waals surface area contributed by atoms with Crippen LogP contribution in [-0.4, -0.2) is 37.5 Å². The van der Waals surface area contributed by atoms with Gasteiger partial charge in [-0.05, 0) is 29.8 Å². The minimum absolute atomic E-state index is 0.0202. The first-order valence-corrected chi connectivity index (χ1v) is 8.46. The molecule has 2 aromatic carbocycles. The second-order valence-corrected chi connectivity index (χ2v) is 6.35. The zero-order chi connectivity index (χ0) is 18.3. The molecule has 6 heteroatoms. The third-order valence-electron chi connectivity index (χ3n) is 4.87. The molecule has 0 radical (unpaired) electrons. The number of methoxy groups -OCH3 is 2. The highest BCUT2D eigenvalue weighted by atomic mass is 16.5. The Morgan fingerprint density at radius 3 is 2.46 bits per heavy atom. The van der Waals surface area contributed by atoms with Crippen LogP contribution in [0.25, 0.3) is 0 Å². The molecule has 134 valence electrons. The molecule has 6 nitrogen and oxygen atoms in total. The van der Waals surface area contributed by atoms with Crippen LogP contribution in [0.15, 0.2) is 47.6 Å². The van der Waals surface area contributed by atoms with Gasteiger partial charge in [0, 0.05) is 18.6 Å². The Morgan fingerprint density at radius 1 is 1.12 bits per heavy atom. The third-order valence-corrected chi connectivity index (χ3v) is 4.87. The van der Waals surface area contributed by atoms with Gasteiger partial charge in [-0.3, -0.25) is 4.79 Å². The molecule has 0 fully saturated rings. The summed E-state index contributed by atoms with van der Waals surface area (Å²) in [7, 11) is 3.26. The molecule has 0 aromatic heterocycles. The molecule has 0 bridgehead atoms. The topological polar surface area (TPSA) is 60.4 Å². The van der Waals surface area contributed by atoms with Crippen LogP contribution < -0.4 is 14.2 Å². The molecule has 2 atom stereocenters. The van der Waals surface area contributed by atoms with E-state index in [1.54, 1.807) is 19.2 Å². The molecule has 1 amide bonds. The monoisotopic (exact) mass is 352 g/mol. The lowest BCUT2D eigenvalue weighted by atomic mass is 9.85. The van der Waals surface area contributed by atoms with Crippen molar-refractivity contribution in [2.45, 2.75) is 13.0 Å². The smallest absolute Gasteiger partial charge is 0.240 e. The van der Waals surface area contributed by atoms with Crippen molar-refractivity contribution in [3.63, 3.8) is 0 Å². The maximum Gasteiger partial charge on any atom is 0.240 e.